The molecule has 0 fully saturated rings. The number of halogens is 2. The van der Waals surface area contributed by atoms with Crippen LogP contribution in [0.4, 0.5) is 0 Å². The number of carbonyl (C=O) groups is 2. The number of benzene rings is 2. The molecule has 1 amide bonds. The SMILES string of the molecule is C=CCOc1ccc(CC(NC(=O)c2cc(Br)ccc2OCC=C)C(=O)OC)cc1Cl. The predicted octanol–water partition coefficient (Wildman–Crippen LogP) is 4.75. The minimum absolute atomic E-state index is 0.177. The summed E-state index contributed by atoms with van der Waals surface area (Å²) in [5, 5.41) is 3.11. The molecule has 1 N–H and O–H groups in total. The van der Waals surface area contributed by atoms with Crippen LogP contribution in [0, 0.1) is 0 Å². The molecule has 1 unspecified atom stereocenters. The van der Waals surface area contributed by atoms with Crippen molar-refractivity contribution in [3.05, 3.63) is 82.3 Å². The van der Waals surface area contributed by atoms with E-state index in [2.05, 4.69) is 34.4 Å². The van der Waals surface area contributed by atoms with Gasteiger partial charge in [-0.2, -0.15) is 0 Å². The fourth-order valence-corrected chi connectivity index (χ4v) is 3.32. The van der Waals surface area contributed by atoms with Crippen molar-refractivity contribution in [3.8, 4) is 11.5 Å². The molecule has 0 heterocycles. The Morgan fingerprint density at radius 1 is 1.10 bits per heavy atom. The molecule has 0 radical (unpaired) electrons. The van der Waals surface area contributed by atoms with Crippen LogP contribution in [0.15, 0.2) is 66.2 Å². The van der Waals surface area contributed by atoms with E-state index in [1.54, 1.807) is 48.6 Å². The molecule has 6 nitrogen and oxygen atoms in total. The standard InChI is InChI=1S/C23H23BrClNO5/c1-4-10-30-20-9-7-16(24)14-17(20)22(27)26-19(23(28)29-3)13-15-6-8-21(18(25)12-15)31-11-5-2/h4-9,12,14,19H,1-2,10-11,13H2,3H3,(H,26,27). The molecule has 0 spiro atoms. The first-order valence-electron chi connectivity index (χ1n) is 9.33. The van der Waals surface area contributed by atoms with E-state index in [9.17, 15) is 9.59 Å². The number of esters is 1. The van der Waals surface area contributed by atoms with Gasteiger partial charge in [0.1, 0.15) is 30.8 Å². The summed E-state index contributed by atoms with van der Waals surface area (Å²) in [7, 11) is 1.26. The molecule has 0 bridgehead atoms. The highest BCUT2D eigenvalue weighted by molar-refractivity contribution is 9.10. The van der Waals surface area contributed by atoms with Crippen LogP contribution in [-0.4, -0.2) is 38.2 Å². The van der Waals surface area contributed by atoms with E-state index in [-0.39, 0.29) is 18.6 Å². The highest BCUT2D eigenvalue weighted by Crippen LogP contribution is 2.27. The summed E-state index contributed by atoms with van der Waals surface area (Å²) in [5.41, 5.74) is 1.00. The molecule has 8 heteroatoms. The van der Waals surface area contributed by atoms with Gasteiger partial charge < -0.3 is 19.5 Å². The van der Waals surface area contributed by atoms with Crippen molar-refractivity contribution >= 4 is 39.4 Å². The Balaban J connectivity index is 2.22. The molecule has 31 heavy (non-hydrogen) atoms. The summed E-state index contributed by atoms with van der Waals surface area (Å²) < 4.78 is 16.6. The average Bonchev–Trinajstić information content (AvgIpc) is 2.76. The van der Waals surface area contributed by atoms with Gasteiger partial charge in [-0.05, 0) is 35.9 Å². The first kappa shape index (κ1) is 24.5. The van der Waals surface area contributed by atoms with Crippen molar-refractivity contribution in [1.29, 1.82) is 0 Å². The Morgan fingerprint density at radius 3 is 2.35 bits per heavy atom. The van der Waals surface area contributed by atoms with Crippen LogP contribution in [0.5, 0.6) is 11.5 Å². The van der Waals surface area contributed by atoms with E-state index in [4.69, 9.17) is 25.8 Å². The summed E-state index contributed by atoms with van der Waals surface area (Å²) >= 11 is 9.61. The zero-order chi connectivity index (χ0) is 22.8. The van der Waals surface area contributed by atoms with Crippen molar-refractivity contribution in [2.45, 2.75) is 12.5 Å². The maximum absolute atomic E-state index is 12.9. The summed E-state index contributed by atoms with van der Waals surface area (Å²) in [6.45, 7) is 7.76. The molecule has 0 aliphatic carbocycles. The lowest BCUT2D eigenvalue weighted by Crippen LogP contribution is -2.43. The van der Waals surface area contributed by atoms with E-state index in [1.165, 1.54) is 7.11 Å². The van der Waals surface area contributed by atoms with E-state index in [0.717, 1.165) is 5.56 Å². The first-order valence-corrected chi connectivity index (χ1v) is 10.5. The van der Waals surface area contributed by atoms with Crippen LogP contribution in [0.1, 0.15) is 15.9 Å². The molecule has 2 aromatic rings. The lowest BCUT2D eigenvalue weighted by atomic mass is 10.0. The maximum Gasteiger partial charge on any atom is 0.328 e. The molecular formula is C23H23BrClNO5. The van der Waals surface area contributed by atoms with Gasteiger partial charge in [0.05, 0.1) is 17.7 Å². The number of hydrogen-bond acceptors (Lipinski definition) is 5. The normalized spacial score (nSPS) is 11.2. The second-order valence-corrected chi connectivity index (χ2v) is 7.68. The molecule has 2 rings (SSSR count). The largest absolute Gasteiger partial charge is 0.489 e. The molecule has 0 saturated carbocycles. The van der Waals surface area contributed by atoms with Gasteiger partial charge in [0, 0.05) is 10.9 Å². The number of nitrogens with one attached hydrogen (secondary N) is 1. The van der Waals surface area contributed by atoms with Gasteiger partial charge in [0.15, 0.2) is 0 Å². The Morgan fingerprint density at radius 2 is 1.74 bits per heavy atom. The zero-order valence-electron chi connectivity index (χ0n) is 17.0. The minimum Gasteiger partial charge on any atom is -0.489 e. The van der Waals surface area contributed by atoms with Gasteiger partial charge >= 0.3 is 5.97 Å². The molecule has 0 aliphatic heterocycles. The fraction of sp³-hybridized carbons (Fsp3) is 0.217. The summed E-state index contributed by atoms with van der Waals surface area (Å²) in [6, 6.07) is 9.25. The van der Waals surface area contributed by atoms with Crippen molar-refractivity contribution in [2.75, 3.05) is 20.3 Å². The minimum atomic E-state index is -0.931. The summed E-state index contributed by atoms with van der Waals surface area (Å²) in [6.07, 6.45) is 3.37. The third-order valence-corrected chi connectivity index (χ3v) is 4.92. The number of amides is 1. The van der Waals surface area contributed by atoms with Crippen molar-refractivity contribution in [2.24, 2.45) is 0 Å². The zero-order valence-corrected chi connectivity index (χ0v) is 19.4. The molecule has 1 atom stereocenters. The third-order valence-electron chi connectivity index (χ3n) is 4.13. The van der Waals surface area contributed by atoms with E-state index in [0.29, 0.717) is 27.6 Å². The number of rotatable bonds is 11. The number of ether oxygens (including phenoxy) is 3. The Kier molecular flexibility index (Phi) is 9.62. The Labute approximate surface area is 195 Å². The number of methoxy groups -OCH3 is 1. The maximum atomic E-state index is 12.9. The molecule has 0 aromatic heterocycles. The van der Waals surface area contributed by atoms with Crippen LogP contribution in [-0.2, 0) is 16.0 Å². The van der Waals surface area contributed by atoms with Gasteiger partial charge in [-0.25, -0.2) is 4.79 Å². The van der Waals surface area contributed by atoms with Gasteiger partial charge in [-0.15, -0.1) is 0 Å². The van der Waals surface area contributed by atoms with Crippen LogP contribution in [0.25, 0.3) is 0 Å². The van der Waals surface area contributed by atoms with E-state index >= 15 is 0 Å². The van der Waals surface area contributed by atoms with Gasteiger partial charge in [-0.1, -0.05) is 58.9 Å². The van der Waals surface area contributed by atoms with Crippen LogP contribution in [0.2, 0.25) is 5.02 Å². The summed E-state index contributed by atoms with van der Waals surface area (Å²) in [5.74, 6) is -0.189. The number of hydrogen-bond donors (Lipinski definition) is 1. The van der Waals surface area contributed by atoms with E-state index in [1.807, 2.05) is 0 Å². The topological polar surface area (TPSA) is 73.9 Å². The molecular weight excluding hydrogens is 486 g/mol. The molecule has 0 aliphatic rings. The Hall–Kier alpha value is -2.77. The van der Waals surface area contributed by atoms with Crippen LogP contribution >= 0.6 is 27.5 Å². The second-order valence-electron chi connectivity index (χ2n) is 6.36. The lowest BCUT2D eigenvalue weighted by Gasteiger charge is -2.18. The first-order chi connectivity index (χ1) is 14.9. The van der Waals surface area contributed by atoms with Crippen molar-refractivity contribution in [1.82, 2.24) is 5.32 Å². The second kappa shape index (κ2) is 12.2. The monoisotopic (exact) mass is 507 g/mol. The van der Waals surface area contributed by atoms with E-state index < -0.39 is 17.9 Å². The van der Waals surface area contributed by atoms with Gasteiger partial charge in [-0.3, -0.25) is 4.79 Å². The average molecular weight is 509 g/mol. The van der Waals surface area contributed by atoms with Crippen LogP contribution < -0.4 is 14.8 Å². The van der Waals surface area contributed by atoms with Gasteiger partial charge in [0.2, 0.25) is 0 Å². The van der Waals surface area contributed by atoms with Gasteiger partial charge in [0.25, 0.3) is 5.91 Å². The highest BCUT2D eigenvalue weighted by atomic mass is 79.9. The summed E-state index contributed by atoms with van der Waals surface area (Å²) in [4.78, 5) is 25.3. The quantitative estimate of drug-likeness (QED) is 0.350. The van der Waals surface area contributed by atoms with Crippen molar-refractivity contribution < 1.29 is 23.8 Å². The molecule has 0 saturated heterocycles. The fourth-order valence-electron chi connectivity index (χ4n) is 2.70. The lowest BCUT2D eigenvalue weighted by molar-refractivity contribution is -0.142. The van der Waals surface area contributed by atoms with Crippen molar-refractivity contribution in [3.63, 3.8) is 0 Å². The van der Waals surface area contributed by atoms with Crippen LogP contribution in [0.3, 0.4) is 0 Å². The molecule has 2 aromatic carbocycles. The highest BCUT2D eigenvalue weighted by Gasteiger charge is 2.25. The smallest absolute Gasteiger partial charge is 0.328 e. The third kappa shape index (κ3) is 7.15. The number of carbonyl (C=O) groups excluding carboxylic acids is 2. The predicted molar refractivity (Wildman–Crippen MR) is 124 cm³/mol. The molecule has 164 valence electrons. The Bertz CT molecular complexity index is 963.